The maximum Gasteiger partial charge on any atom is 0.238 e. The number of carbonyl (C=O) groups excluding carboxylic acids is 1. The van der Waals surface area contributed by atoms with Gasteiger partial charge in [0.1, 0.15) is 0 Å². The van der Waals surface area contributed by atoms with E-state index in [9.17, 15) is 4.79 Å². The Bertz CT molecular complexity index is 472. The lowest BCUT2D eigenvalue weighted by atomic mass is 10.3. The molecule has 1 aliphatic rings. The number of nitrogens with zero attached hydrogens (tertiary/aromatic N) is 1. The van der Waals surface area contributed by atoms with Gasteiger partial charge in [-0.15, -0.1) is 0 Å². The van der Waals surface area contributed by atoms with Crippen molar-refractivity contribution in [2.24, 2.45) is 5.73 Å². The SMILES string of the molecule is N[C@@H]1CCN(CC(=O)Nc2c(I)cc(I)cc2I)C1. The van der Waals surface area contributed by atoms with E-state index in [4.69, 9.17) is 5.73 Å². The van der Waals surface area contributed by atoms with E-state index < -0.39 is 0 Å². The smallest absolute Gasteiger partial charge is 0.238 e. The Balaban J connectivity index is 1.99. The average Bonchev–Trinajstić information content (AvgIpc) is 2.69. The van der Waals surface area contributed by atoms with Crippen LogP contribution in [0.5, 0.6) is 0 Å². The summed E-state index contributed by atoms with van der Waals surface area (Å²) >= 11 is 6.79. The van der Waals surface area contributed by atoms with Crippen molar-refractivity contribution in [1.29, 1.82) is 0 Å². The van der Waals surface area contributed by atoms with Crippen LogP contribution in [0, 0.1) is 10.7 Å². The van der Waals surface area contributed by atoms with Gasteiger partial charge in [-0.3, -0.25) is 9.69 Å². The Kier molecular flexibility index (Phi) is 6.11. The number of halogens is 3. The molecule has 19 heavy (non-hydrogen) atoms. The van der Waals surface area contributed by atoms with Crippen LogP contribution in [0.3, 0.4) is 0 Å². The molecule has 1 aromatic carbocycles. The summed E-state index contributed by atoms with van der Waals surface area (Å²) in [5, 5.41) is 3.01. The molecule has 0 aliphatic carbocycles. The molecular formula is C12H14I3N3O. The van der Waals surface area contributed by atoms with Crippen LogP contribution < -0.4 is 11.1 Å². The van der Waals surface area contributed by atoms with Gasteiger partial charge in [0.2, 0.25) is 5.91 Å². The molecule has 0 bridgehead atoms. The molecule has 0 unspecified atom stereocenters. The summed E-state index contributed by atoms with van der Waals surface area (Å²) < 4.78 is 3.32. The first-order valence-electron chi connectivity index (χ1n) is 5.88. The second-order valence-electron chi connectivity index (χ2n) is 4.58. The summed E-state index contributed by atoms with van der Waals surface area (Å²) in [5.41, 5.74) is 6.75. The number of hydrogen-bond donors (Lipinski definition) is 2. The van der Waals surface area contributed by atoms with Gasteiger partial charge in [-0.1, -0.05) is 0 Å². The van der Waals surface area contributed by atoms with Crippen LogP contribution in [-0.2, 0) is 4.79 Å². The number of amides is 1. The number of hydrogen-bond acceptors (Lipinski definition) is 3. The molecule has 4 nitrogen and oxygen atoms in total. The molecule has 0 aromatic heterocycles. The molecule has 0 spiro atoms. The molecule has 3 N–H and O–H groups in total. The highest BCUT2D eigenvalue weighted by Gasteiger charge is 2.21. The van der Waals surface area contributed by atoms with Crippen molar-refractivity contribution in [2.75, 3.05) is 25.0 Å². The zero-order chi connectivity index (χ0) is 14.0. The van der Waals surface area contributed by atoms with Crippen molar-refractivity contribution in [3.63, 3.8) is 0 Å². The van der Waals surface area contributed by atoms with Gasteiger partial charge < -0.3 is 11.1 Å². The van der Waals surface area contributed by atoms with Crippen LogP contribution >= 0.6 is 67.8 Å². The monoisotopic (exact) mass is 597 g/mol. The summed E-state index contributed by atoms with van der Waals surface area (Å²) in [6.45, 7) is 2.15. The number of likely N-dealkylation sites (tertiary alicyclic amines) is 1. The standard InChI is InChI=1S/C12H14I3N3O/c13-7-3-9(14)12(10(15)4-7)17-11(19)6-18-2-1-8(16)5-18/h3-4,8H,1-2,5-6,16H2,(H,17,19)/t8-/m1/s1. The van der Waals surface area contributed by atoms with E-state index in [1.54, 1.807) is 0 Å². The van der Waals surface area contributed by atoms with E-state index in [-0.39, 0.29) is 11.9 Å². The predicted molar refractivity (Wildman–Crippen MR) is 102 cm³/mol. The molecule has 0 saturated carbocycles. The number of anilines is 1. The van der Waals surface area contributed by atoms with Gasteiger partial charge in [0, 0.05) is 29.8 Å². The van der Waals surface area contributed by atoms with E-state index in [0.717, 1.165) is 32.3 Å². The summed E-state index contributed by atoms with van der Waals surface area (Å²) in [6, 6.07) is 4.33. The van der Waals surface area contributed by atoms with Crippen LogP contribution in [0.25, 0.3) is 0 Å². The number of benzene rings is 1. The van der Waals surface area contributed by atoms with Gasteiger partial charge in [0.15, 0.2) is 0 Å². The fraction of sp³-hybridized carbons (Fsp3) is 0.417. The highest BCUT2D eigenvalue weighted by molar-refractivity contribution is 14.1. The molecule has 1 atom stereocenters. The summed E-state index contributed by atoms with van der Waals surface area (Å²) in [7, 11) is 0. The zero-order valence-electron chi connectivity index (χ0n) is 10.1. The molecule has 1 aliphatic heterocycles. The molecule has 1 saturated heterocycles. The number of carbonyl (C=O) groups is 1. The first-order chi connectivity index (χ1) is 8.95. The first-order valence-corrected chi connectivity index (χ1v) is 9.11. The molecular weight excluding hydrogens is 583 g/mol. The molecule has 7 heteroatoms. The summed E-state index contributed by atoms with van der Waals surface area (Å²) in [4.78, 5) is 14.2. The van der Waals surface area contributed by atoms with Crippen molar-refractivity contribution in [1.82, 2.24) is 4.90 Å². The Morgan fingerprint density at radius 3 is 2.53 bits per heavy atom. The molecule has 1 heterocycles. The van der Waals surface area contributed by atoms with Crippen molar-refractivity contribution >= 4 is 79.4 Å². The molecule has 1 fully saturated rings. The Morgan fingerprint density at radius 1 is 1.37 bits per heavy atom. The maximum atomic E-state index is 12.1. The lowest BCUT2D eigenvalue weighted by Gasteiger charge is -2.16. The van der Waals surface area contributed by atoms with Crippen LogP contribution in [0.4, 0.5) is 5.69 Å². The molecule has 2 rings (SSSR count). The lowest BCUT2D eigenvalue weighted by molar-refractivity contribution is -0.117. The van der Waals surface area contributed by atoms with Crippen LogP contribution in [0.1, 0.15) is 6.42 Å². The van der Waals surface area contributed by atoms with E-state index in [2.05, 4.69) is 90.1 Å². The quantitative estimate of drug-likeness (QED) is 0.528. The first kappa shape index (κ1) is 16.2. The van der Waals surface area contributed by atoms with Crippen molar-refractivity contribution in [3.8, 4) is 0 Å². The van der Waals surface area contributed by atoms with Gasteiger partial charge in [0.25, 0.3) is 0 Å². The lowest BCUT2D eigenvalue weighted by Crippen LogP contribution is -2.34. The zero-order valence-corrected chi connectivity index (χ0v) is 16.6. The number of rotatable bonds is 3. The Labute approximate surface area is 153 Å². The fourth-order valence-corrected chi connectivity index (χ4v) is 5.90. The molecule has 104 valence electrons. The summed E-state index contributed by atoms with van der Waals surface area (Å²) in [6.07, 6.45) is 0.978. The van der Waals surface area contributed by atoms with E-state index in [0.29, 0.717) is 6.54 Å². The average molecular weight is 597 g/mol. The third-order valence-corrected chi connectivity index (χ3v) is 5.27. The molecule has 0 radical (unpaired) electrons. The van der Waals surface area contributed by atoms with E-state index in [1.165, 1.54) is 3.57 Å². The minimum Gasteiger partial charge on any atom is -0.326 e. The van der Waals surface area contributed by atoms with Gasteiger partial charge in [-0.05, 0) is 86.3 Å². The minimum absolute atomic E-state index is 0.0335. The second kappa shape index (κ2) is 7.18. The van der Waals surface area contributed by atoms with Gasteiger partial charge in [-0.25, -0.2) is 0 Å². The van der Waals surface area contributed by atoms with Gasteiger partial charge >= 0.3 is 0 Å². The number of nitrogens with one attached hydrogen (secondary N) is 1. The van der Waals surface area contributed by atoms with Gasteiger partial charge in [-0.2, -0.15) is 0 Å². The normalized spacial score (nSPS) is 19.7. The summed E-state index contributed by atoms with van der Waals surface area (Å²) in [5.74, 6) is 0.0335. The third-order valence-electron chi connectivity index (χ3n) is 2.95. The maximum absolute atomic E-state index is 12.1. The van der Waals surface area contributed by atoms with E-state index in [1.807, 2.05) is 0 Å². The minimum atomic E-state index is 0.0335. The molecule has 1 aromatic rings. The largest absolute Gasteiger partial charge is 0.326 e. The highest BCUT2D eigenvalue weighted by atomic mass is 127. The Hall–Kier alpha value is 0.800. The predicted octanol–water partition coefficient (Wildman–Crippen LogP) is 2.47. The fourth-order valence-electron chi connectivity index (χ4n) is 2.05. The third kappa shape index (κ3) is 4.64. The van der Waals surface area contributed by atoms with Crippen molar-refractivity contribution in [3.05, 3.63) is 22.8 Å². The Morgan fingerprint density at radius 2 is 2.00 bits per heavy atom. The van der Waals surface area contributed by atoms with Crippen molar-refractivity contribution < 1.29 is 4.79 Å². The number of nitrogens with two attached hydrogens (primary N) is 1. The van der Waals surface area contributed by atoms with Crippen LogP contribution in [0.15, 0.2) is 12.1 Å². The second-order valence-corrected chi connectivity index (χ2v) is 8.15. The molecule has 1 amide bonds. The highest BCUT2D eigenvalue weighted by Crippen LogP contribution is 2.27. The van der Waals surface area contributed by atoms with Crippen LogP contribution in [-0.4, -0.2) is 36.5 Å². The van der Waals surface area contributed by atoms with E-state index >= 15 is 0 Å². The van der Waals surface area contributed by atoms with Crippen LogP contribution in [0.2, 0.25) is 0 Å². The van der Waals surface area contributed by atoms with Crippen molar-refractivity contribution in [2.45, 2.75) is 12.5 Å². The topological polar surface area (TPSA) is 58.4 Å². The van der Waals surface area contributed by atoms with Gasteiger partial charge in [0.05, 0.1) is 12.2 Å².